The van der Waals surface area contributed by atoms with E-state index in [0.29, 0.717) is 39.1 Å². The first kappa shape index (κ1) is 22.0. The van der Waals surface area contributed by atoms with Crippen LogP contribution < -0.4 is 18.9 Å². The largest absolute Gasteiger partial charge is 0.493 e. The van der Waals surface area contributed by atoms with Gasteiger partial charge in [-0.25, -0.2) is 8.42 Å². The molecule has 0 fully saturated rings. The van der Waals surface area contributed by atoms with Gasteiger partial charge in [0.1, 0.15) is 4.90 Å². The van der Waals surface area contributed by atoms with Crippen molar-refractivity contribution in [3.8, 4) is 28.6 Å². The zero-order valence-electron chi connectivity index (χ0n) is 17.9. The lowest BCUT2D eigenvalue weighted by atomic mass is 10.1. The number of anilines is 1. The van der Waals surface area contributed by atoms with Crippen LogP contribution in [0.4, 0.5) is 5.69 Å². The van der Waals surface area contributed by atoms with Gasteiger partial charge >= 0.3 is 0 Å². The number of nitrogens with one attached hydrogen (secondary N) is 1. The topological polar surface area (TPSA) is 99.9 Å². The number of rotatable bonds is 7. The van der Waals surface area contributed by atoms with Crippen molar-refractivity contribution < 1.29 is 27.2 Å². The van der Waals surface area contributed by atoms with E-state index in [-0.39, 0.29) is 10.6 Å². The van der Waals surface area contributed by atoms with Crippen molar-refractivity contribution in [2.24, 2.45) is 0 Å². The van der Waals surface area contributed by atoms with Gasteiger partial charge in [0.25, 0.3) is 10.0 Å². The molecule has 2 aromatic heterocycles. The number of hydrogen-bond donors (Lipinski definition) is 1. The Morgan fingerprint density at radius 3 is 2.03 bits per heavy atom. The third kappa shape index (κ3) is 3.72. The van der Waals surface area contributed by atoms with Gasteiger partial charge in [0.15, 0.2) is 17.3 Å². The quantitative estimate of drug-likeness (QED) is 0.565. The van der Waals surface area contributed by atoms with Gasteiger partial charge in [-0.2, -0.15) is 0 Å². The Balaban J connectivity index is 2.13. The second-order valence-corrected chi connectivity index (χ2v) is 9.71. The van der Waals surface area contributed by atoms with Crippen LogP contribution in [0.1, 0.15) is 21.0 Å². The summed E-state index contributed by atoms with van der Waals surface area (Å²) in [6, 6.07) is 3.08. The Morgan fingerprint density at radius 2 is 1.57 bits per heavy atom. The Labute approximate surface area is 179 Å². The molecule has 2 heterocycles. The van der Waals surface area contributed by atoms with Crippen molar-refractivity contribution in [1.29, 1.82) is 0 Å². The van der Waals surface area contributed by atoms with E-state index in [0.717, 1.165) is 10.4 Å². The van der Waals surface area contributed by atoms with Crippen molar-refractivity contribution in [1.82, 2.24) is 5.16 Å². The van der Waals surface area contributed by atoms with E-state index in [1.165, 1.54) is 44.8 Å². The molecular formula is C20H24N2O6S2. The summed E-state index contributed by atoms with van der Waals surface area (Å²) in [6.45, 7) is 7.31. The van der Waals surface area contributed by atoms with Crippen molar-refractivity contribution in [3.63, 3.8) is 0 Å². The second-order valence-electron chi connectivity index (χ2n) is 6.66. The van der Waals surface area contributed by atoms with E-state index in [9.17, 15) is 8.42 Å². The van der Waals surface area contributed by atoms with Crippen molar-refractivity contribution in [2.75, 3.05) is 26.1 Å². The molecule has 30 heavy (non-hydrogen) atoms. The number of aryl methyl sites for hydroxylation is 3. The second kappa shape index (κ2) is 8.19. The number of methoxy groups -OCH3 is 3. The molecule has 3 rings (SSSR count). The molecule has 0 unspecified atom stereocenters. The number of nitrogens with zero attached hydrogens (tertiary/aromatic N) is 1. The highest BCUT2D eigenvalue weighted by Gasteiger charge is 2.30. The molecule has 0 bridgehead atoms. The van der Waals surface area contributed by atoms with Gasteiger partial charge in [0.2, 0.25) is 5.75 Å². The first-order valence-corrected chi connectivity index (χ1v) is 11.3. The zero-order valence-corrected chi connectivity index (χ0v) is 19.5. The lowest BCUT2D eigenvalue weighted by molar-refractivity contribution is 0.325. The zero-order chi connectivity index (χ0) is 22.2. The predicted molar refractivity (Wildman–Crippen MR) is 116 cm³/mol. The third-order valence-corrected chi connectivity index (χ3v) is 7.48. The van der Waals surface area contributed by atoms with Crippen LogP contribution in [0.15, 0.2) is 21.6 Å². The maximum atomic E-state index is 13.4. The first-order chi connectivity index (χ1) is 14.1. The summed E-state index contributed by atoms with van der Waals surface area (Å²) in [7, 11) is 0.458. The third-order valence-electron chi connectivity index (χ3n) is 4.77. The Bertz CT molecular complexity index is 1170. The van der Waals surface area contributed by atoms with Gasteiger partial charge in [-0.1, -0.05) is 5.16 Å². The van der Waals surface area contributed by atoms with Crippen molar-refractivity contribution in [3.05, 3.63) is 33.1 Å². The number of ether oxygens (including phenoxy) is 3. The minimum Gasteiger partial charge on any atom is -0.493 e. The SMILES string of the molecule is COc1cc(NS(=O)(=O)c2c(C)sc(C)c2-c2onc(C)c2C)cc(OC)c1OC. The van der Waals surface area contributed by atoms with Gasteiger partial charge in [0, 0.05) is 27.5 Å². The molecule has 10 heteroatoms. The summed E-state index contributed by atoms with van der Waals surface area (Å²) >= 11 is 1.39. The van der Waals surface area contributed by atoms with E-state index in [1.807, 2.05) is 20.8 Å². The van der Waals surface area contributed by atoms with Crippen molar-refractivity contribution >= 4 is 27.0 Å². The van der Waals surface area contributed by atoms with E-state index in [1.54, 1.807) is 6.92 Å². The van der Waals surface area contributed by atoms with E-state index >= 15 is 0 Å². The highest BCUT2D eigenvalue weighted by molar-refractivity contribution is 7.93. The molecule has 3 aromatic rings. The van der Waals surface area contributed by atoms with Crippen LogP contribution in [-0.2, 0) is 10.0 Å². The lowest BCUT2D eigenvalue weighted by Gasteiger charge is -2.15. The number of sulfonamides is 1. The van der Waals surface area contributed by atoms with Crippen LogP contribution in [0.5, 0.6) is 17.2 Å². The molecule has 0 saturated heterocycles. The summed E-state index contributed by atoms with van der Waals surface area (Å²) in [5, 5.41) is 3.98. The van der Waals surface area contributed by atoms with Crippen LogP contribution >= 0.6 is 11.3 Å². The minimum absolute atomic E-state index is 0.165. The van der Waals surface area contributed by atoms with Crippen molar-refractivity contribution in [2.45, 2.75) is 32.6 Å². The molecule has 0 aliphatic rings. The van der Waals surface area contributed by atoms with Gasteiger partial charge in [-0.05, 0) is 27.7 Å². The molecular weight excluding hydrogens is 428 g/mol. The molecule has 0 aliphatic heterocycles. The van der Waals surface area contributed by atoms with Crippen LogP contribution in [-0.4, -0.2) is 34.9 Å². The van der Waals surface area contributed by atoms with E-state index in [4.69, 9.17) is 18.7 Å². The molecule has 0 spiro atoms. The van der Waals surface area contributed by atoms with Crippen LogP contribution in [0.2, 0.25) is 0 Å². The maximum absolute atomic E-state index is 13.4. The molecule has 162 valence electrons. The molecule has 8 nitrogen and oxygen atoms in total. The van der Waals surface area contributed by atoms with E-state index in [2.05, 4.69) is 9.88 Å². The monoisotopic (exact) mass is 452 g/mol. The van der Waals surface area contributed by atoms with Gasteiger partial charge in [-0.3, -0.25) is 4.72 Å². The van der Waals surface area contributed by atoms with Crippen LogP contribution in [0.3, 0.4) is 0 Å². The average Bonchev–Trinajstić information content (AvgIpc) is 3.18. The molecule has 0 atom stereocenters. The molecule has 0 radical (unpaired) electrons. The van der Waals surface area contributed by atoms with E-state index < -0.39 is 10.0 Å². The Kier molecular flexibility index (Phi) is 6.00. The summed E-state index contributed by atoms with van der Waals surface area (Å²) in [5.41, 5.74) is 2.33. The predicted octanol–water partition coefficient (Wildman–Crippen LogP) is 4.46. The summed E-state index contributed by atoms with van der Waals surface area (Å²) < 4.78 is 50.9. The smallest absolute Gasteiger partial charge is 0.263 e. The number of thiophene rings is 1. The first-order valence-electron chi connectivity index (χ1n) is 9.00. The molecule has 0 saturated carbocycles. The minimum atomic E-state index is -3.96. The number of aromatic nitrogens is 1. The Hall–Kier alpha value is -2.72. The van der Waals surface area contributed by atoms with Crippen LogP contribution in [0.25, 0.3) is 11.3 Å². The summed E-state index contributed by atoms with van der Waals surface area (Å²) in [5.74, 6) is 1.52. The summed E-state index contributed by atoms with van der Waals surface area (Å²) in [6.07, 6.45) is 0. The highest BCUT2D eigenvalue weighted by Crippen LogP contribution is 2.43. The van der Waals surface area contributed by atoms with Gasteiger partial charge < -0.3 is 18.7 Å². The molecule has 0 aliphatic carbocycles. The van der Waals surface area contributed by atoms with Gasteiger partial charge in [-0.15, -0.1) is 11.3 Å². The molecule has 1 aromatic carbocycles. The standard InChI is InChI=1S/C20H24N2O6S2/c1-10-11(2)21-28-18(10)17-12(3)29-13(4)20(17)30(23,24)22-14-8-15(25-5)19(27-7)16(9-14)26-6/h8-9,22H,1-7H3. The summed E-state index contributed by atoms with van der Waals surface area (Å²) in [4.78, 5) is 1.64. The van der Waals surface area contributed by atoms with Gasteiger partial charge in [0.05, 0.1) is 38.3 Å². The average molecular weight is 453 g/mol. The number of benzene rings is 1. The Morgan fingerprint density at radius 1 is 0.967 bits per heavy atom. The molecule has 0 amide bonds. The molecule has 1 N–H and O–H groups in total. The lowest BCUT2D eigenvalue weighted by Crippen LogP contribution is -2.14. The van der Waals surface area contributed by atoms with Crippen LogP contribution in [0, 0.1) is 27.7 Å². The maximum Gasteiger partial charge on any atom is 0.263 e. The normalized spacial score (nSPS) is 11.4. The fourth-order valence-electron chi connectivity index (χ4n) is 3.24. The fraction of sp³-hybridized carbons (Fsp3) is 0.350. The highest BCUT2D eigenvalue weighted by atomic mass is 32.2. The number of hydrogen-bond acceptors (Lipinski definition) is 8. The fourth-order valence-corrected chi connectivity index (χ4v) is 6.14.